The van der Waals surface area contributed by atoms with Crippen molar-refractivity contribution in [2.45, 2.75) is 13.3 Å². The van der Waals surface area contributed by atoms with Crippen molar-refractivity contribution in [3.8, 4) is 5.75 Å². The lowest BCUT2D eigenvalue weighted by atomic mass is 9.86. The Bertz CT molecular complexity index is 631. The van der Waals surface area contributed by atoms with Crippen molar-refractivity contribution in [2.24, 2.45) is 5.92 Å². The molecule has 2 heteroatoms. The molecule has 0 amide bonds. The van der Waals surface area contributed by atoms with Crippen LogP contribution in [0, 0.1) is 5.92 Å². The molecule has 0 fully saturated rings. The van der Waals surface area contributed by atoms with Gasteiger partial charge in [-0.1, -0.05) is 48.5 Å². The van der Waals surface area contributed by atoms with Crippen LogP contribution in [0.4, 0.5) is 0 Å². The van der Waals surface area contributed by atoms with E-state index in [9.17, 15) is 0 Å². The van der Waals surface area contributed by atoms with Crippen molar-refractivity contribution in [1.82, 2.24) is 4.90 Å². The molecule has 1 unspecified atom stereocenters. The number of allylic oxidation sites excluding steroid dienone is 1. The van der Waals surface area contributed by atoms with E-state index in [0.29, 0.717) is 5.92 Å². The van der Waals surface area contributed by atoms with Crippen molar-refractivity contribution < 1.29 is 4.74 Å². The maximum absolute atomic E-state index is 5.39. The van der Waals surface area contributed by atoms with Gasteiger partial charge in [0.1, 0.15) is 5.75 Å². The highest BCUT2D eigenvalue weighted by molar-refractivity contribution is 5.68. The van der Waals surface area contributed by atoms with E-state index in [0.717, 1.165) is 18.7 Å². The van der Waals surface area contributed by atoms with Crippen LogP contribution in [0.3, 0.4) is 0 Å². The van der Waals surface area contributed by atoms with E-state index < -0.39 is 0 Å². The minimum Gasteiger partial charge on any atom is -0.497 e. The highest BCUT2D eigenvalue weighted by Gasteiger charge is 2.17. The number of rotatable bonds is 7. The third-order valence-corrected chi connectivity index (χ3v) is 4.06. The van der Waals surface area contributed by atoms with E-state index >= 15 is 0 Å². The van der Waals surface area contributed by atoms with Crippen LogP contribution in [-0.4, -0.2) is 32.6 Å². The minimum absolute atomic E-state index is 0.449. The van der Waals surface area contributed by atoms with Crippen LogP contribution in [0.25, 0.3) is 5.57 Å². The van der Waals surface area contributed by atoms with E-state index in [1.54, 1.807) is 7.11 Å². The second kappa shape index (κ2) is 8.54. The van der Waals surface area contributed by atoms with Crippen LogP contribution in [-0.2, 0) is 6.42 Å². The Morgan fingerprint density at radius 1 is 1.09 bits per heavy atom. The predicted octanol–water partition coefficient (Wildman–Crippen LogP) is 4.52. The first-order valence-corrected chi connectivity index (χ1v) is 8.13. The molecule has 2 aromatic rings. The molecule has 2 aromatic carbocycles. The third-order valence-electron chi connectivity index (χ3n) is 4.06. The van der Waals surface area contributed by atoms with Crippen molar-refractivity contribution in [3.63, 3.8) is 0 Å². The van der Waals surface area contributed by atoms with Gasteiger partial charge in [-0.05, 0) is 56.3 Å². The standard InChI is InChI=1S/C21H27NO/c1-5-21(18-12-9-13-20(15-18)23-4)19(16-22(2)3)14-17-10-7-6-8-11-17/h5-13,15,19H,14,16H2,1-4H3/b21-5-. The lowest BCUT2D eigenvalue weighted by molar-refractivity contribution is 0.363. The van der Waals surface area contributed by atoms with Crippen molar-refractivity contribution in [3.05, 3.63) is 71.8 Å². The van der Waals surface area contributed by atoms with Gasteiger partial charge in [0.25, 0.3) is 0 Å². The molecule has 0 aliphatic rings. The van der Waals surface area contributed by atoms with Crippen LogP contribution < -0.4 is 4.74 Å². The Hall–Kier alpha value is -2.06. The molecular weight excluding hydrogens is 282 g/mol. The normalized spacial score (nSPS) is 13.2. The molecule has 0 spiro atoms. The summed E-state index contributed by atoms with van der Waals surface area (Å²) in [5.74, 6) is 1.36. The molecule has 2 nitrogen and oxygen atoms in total. The summed E-state index contributed by atoms with van der Waals surface area (Å²) >= 11 is 0. The quantitative estimate of drug-likeness (QED) is 0.745. The Morgan fingerprint density at radius 3 is 2.43 bits per heavy atom. The number of hydrogen-bond donors (Lipinski definition) is 0. The molecule has 0 N–H and O–H groups in total. The smallest absolute Gasteiger partial charge is 0.119 e. The highest BCUT2D eigenvalue weighted by atomic mass is 16.5. The third kappa shape index (κ3) is 4.97. The topological polar surface area (TPSA) is 12.5 Å². The van der Waals surface area contributed by atoms with Gasteiger partial charge in [-0.15, -0.1) is 0 Å². The summed E-state index contributed by atoms with van der Waals surface area (Å²) in [7, 11) is 5.99. The SMILES string of the molecule is C/C=C(/c1cccc(OC)c1)C(Cc1ccccc1)CN(C)C. The van der Waals surface area contributed by atoms with E-state index in [1.165, 1.54) is 16.7 Å². The fraction of sp³-hybridized carbons (Fsp3) is 0.333. The lowest BCUT2D eigenvalue weighted by Gasteiger charge is -2.25. The van der Waals surface area contributed by atoms with Gasteiger partial charge in [-0.3, -0.25) is 0 Å². The minimum atomic E-state index is 0.449. The second-order valence-electron chi connectivity index (χ2n) is 6.12. The van der Waals surface area contributed by atoms with E-state index in [4.69, 9.17) is 4.74 Å². The maximum Gasteiger partial charge on any atom is 0.119 e. The number of ether oxygens (including phenoxy) is 1. The van der Waals surface area contributed by atoms with Gasteiger partial charge < -0.3 is 9.64 Å². The average Bonchev–Trinajstić information content (AvgIpc) is 2.56. The van der Waals surface area contributed by atoms with Gasteiger partial charge >= 0.3 is 0 Å². The van der Waals surface area contributed by atoms with Crippen LogP contribution >= 0.6 is 0 Å². The lowest BCUT2D eigenvalue weighted by Crippen LogP contribution is -2.24. The highest BCUT2D eigenvalue weighted by Crippen LogP contribution is 2.29. The fourth-order valence-corrected chi connectivity index (χ4v) is 3.05. The molecular formula is C21H27NO. The van der Waals surface area contributed by atoms with Crippen molar-refractivity contribution in [2.75, 3.05) is 27.7 Å². The Labute approximate surface area is 140 Å². The van der Waals surface area contributed by atoms with Crippen LogP contribution in [0.2, 0.25) is 0 Å². The van der Waals surface area contributed by atoms with E-state index in [-0.39, 0.29) is 0 Å². The number of benzene rings is 2. The molecule has 0 bridgehead atoms. The second-order valence-corrected chi connectivity index (χ2v) is 6.12. The molecule has 0 radical (unpaired) electrons. The van der Waals surface area contributed by atoms with Crippen LogP contribution in [0.15, 0.2) is 60.7 Å². The first kappa shape index (κ1) is 17.3. The van der Waals surface area contributed by atoms with Gasteiger partial charge in [0.05, 0.1) is 7.11 Å². The molecule has 122 valence electrons. The van der Waals surface area contributed by atoms with Crippen molar-refractivity contribution >= 4 is 5.57 Å². The van der Waals surface area contributed by atoms with Crippen LogP contribution in [0.1, 0.15) is 18.1 Å². The van der Waals surface area contributed by atoms with Gasteiger partial charge in [0.2, 0.25) is 0 Å². The molecule has 2 rings (SSSR count). The van der Waals surface area contributed by atoms with E-state index in [1.807, 2.05) is 6.07 Å². The Balaban J connectivity index is 2.31. The van der Waals surface area contributed by atoms with Gasteiger partial charge in [-0.2, -0.15) is 0 Å². The van der Waals surface area contributed by atoms with Gasteiger partial charge in [0.15, 0.2) is 0 Å². The number of nitrogens with zero attached hydrogens (tertiary/aromatic N) is 1. The number of hydrogen-bond acceptors (Lipinski definition) is 2. The molecule has 0 heterocycles. The zero-order valence-electron chi connectivity index (χ0n) is 14.6. The molecule has 0 aliphatic heterocycles. The summed E-state index contributed by atoms with van der Waals surface area (Å²) in [5, 5.41) is 0. The molecule has 0 aromatic heterocycles. The Morgan fingerprint density at radius 2 is 1.83 bits per heavy atom. The zero-order valence-corrected chi connectivity index (χ0v) is 14.6. The van der Waals surface area contributed by atoms with Crippen molar-refractivity contribution in [1.29, 1.82) is 0 Å². The average molecular weight is 309 g/mol. The Kier molecular flexibility index (Phi) is 6.42. The van der Waals surface area contributed by atoms with E-state index in [2.05, 4.69) is 80.5 Å². The predicted molar refractivity (Wildman–Crippen MR) is 98.8 cm³/mol. The van der Waals surface area contributed by atoms with Crippen LogP contribution in [0.5, 0.6) is 5.75 Å². The first-order chi connectivity index (χ1) is 11.1. The summed E-state index contributed by atoms with van der Waals surface area (Å²) in [6, 6.07) is 19.1. The summed E-state index contributed by atoms with van der Waals surface area (Å²) < 4.78 is 5.39. The van der Waals surface area contributed by atoms with Gasteiger partial charge in [-0.25, -0.2) is 0 Å². The number of methoxy groups -OCH3 is 1. The molecule has 1 atom stereocenters. The fourth-order valence-electron chi connectivity index (χ4n) is 3.05. The monoisotopic (exact) mass is 309 g/mol. The molecule has 23 heavy (non-hydrogen) atoms. The molecule has 0 saturated heterocycles. The summed E-state index contributed by atoms with van der Waals surface area (Å²) in [5.41, 5.74) is 4.00. The summed E-state index contributed by atoms with van der Waals surface area (Å²) in [6.07, 6.45) is 3.28. The van der Waals surface area contributed by atoms with Gasteiger partial charge in [0, 0.05) is 12.5 Å². The zero-order chi connectivity index (χ0) is 16.7. The maximum atomic E-state index is 5.39. The first-order valence-electron chi connectivity index (χ1n) is 8.13. The largest absolute Gasteiger partial charge is 0.497 e. The summed E-state index contributed by atoms with van der Waals surface area (Å²) in [4.78, 5) is 2.26. The molecule has 0 aliphatic carbocycles. The molecule has 0 saturated carbocycles. The summed E-state index contributed by atoms with van der Waals surface area (Å²) in [6.45, 7) is 3.15.